The highest BCUT2D eigenvalue weighted by atomic mass is 35.5. The number of aromatic nitrogens is 1. The Hall–Kier alpha value is -1.46. The Morgan fingerprint density at radius 3 is 2.64 bits per heavy atom. The Bertz CT molecular complexity index is 621. The van der Waals surface area contributed by atoms with Crippen LogP contribution >= 0.6 is 23.4 Å². The first kappa shape index (κ1) is 16.9. The van der Waals surface area contributed by atoms with E-state index < -0.39 is 0 Å². The Morgan fingerprint density at radius 1 is 1.36 bits per heavy atom. The Labute approximate surface area is 139 Å². The molecule has 1 atom stereocenters. The van der Waals surface area contributed by atoms with Crippen molar-refractivity contribution in [2.24, 2.45) is 0 Å². The predicted octanol–water partition coefficient (Wildman–Crippen LogP) is 4.06. The van der Waals surface area contributed by atoms with Gasteiger partial charge in [0.05, 0.1) is 11.4 Å². The lowest BCUT2D eigenvalue weighted by atomic mass is 10.2. The SMILES string of the molecule is Cc1noc(C)c1CNC(=O)CSC(C)c1ccc(Cl)cc1. The summed E-state index contributed by atoms with van der Waals surface area (Å²) in [5.74, 6) is 1.17. The van der Waals surface area contributed by atoms with Crippen LogP contribution in [-0.2, 0) is 11.3 Å². The topological polar surface area (TPSA) is 55.1 Å². The number of hydrogen-bond donors (Lipinski definition) is 1. The van der Waals surface area contributed by atoms with Gasteiger partial charge in [0.15, 0.2) is 0 Å². The highest BCUT2D eigenvalue weighted by Gasteiger charge is 2.12. The number of nitrogens with one attached hydrogen (secondary N) is 1. The van der Waals surface area contributed by atoms with Gasteiger partial charge in [-0.2, -0.15) is 0 Å². The molecule has 0 bridgehead atoms. The van der Waals surface area contributed by atoms with Gasteiger partial charge in [0.25, 0.3) is 0 Å². The number of hydrogen-bond acceptors (Lipinski definition) is 4. The summed E-state index contributed by atoms with van der Waals surface area (Å²) in [5.41, 5.74) is 2.93. The van der Waals surface area contributed by atoms with Crippen LogP contribution in [0, 0.1) is 13.8 Å². The van der Waals surface area contributed by atoms with Gasteiger partial charge in [-0.25, -0.2) is 0 Å². The average Bonchev–Trinajstić information content (AvgIpc) is 2.82. The first-order valence-electron chi connectivity index (χ1n) is 7.03. The van der Waals surface area contributed by atoms with Gasteiger partial charge < -0.3 is 9.84 Å². The minimum Gasteiger partial charge on any atom is -0.361 e. The summed E-state index contributed by atoms with van der Waals surface area (Å²) >= 11 is 7.47. The van der Waals surface area contributed by atoms with E-state index in [9.17, 15) is 4.79 Å². The molecule has 1 amide bonds. The molecule has 0 aliphatic carbocycles. The monoisotopic (exact) mass is 338 g/mol. The summed E-state index contributed by atoms with van der Waals surface area (Å²) in [6.07, 6.45) is 0. The van der Waals surface area contributed by atoms with Gasteiger partial charge in [-0.15, -0.1) is 11.8 Å². The summed E-state index contributed by atoms with van der Waals surface area (Å²) in [4.78, 5) is 11.9. The highest BCUT2D eigenvalue weighted by molar-refractivity contribution is 8.00. The normalized spacial score (nSPS) is 12.2. The van der Waals surface area contributed by atoms with Gasteiger partial charge in [0.1, 0.15) is 5.76 Å². The molecule has 0 saturated heterocycles. The van der Waals surface area contributed by atoms with Crippen molar-refractivity contribution in [1.82, 2.24) is 10.5 Å². The van der Waals surface area contributed by atoms with Crippen molar-refractivity contribution in [1.29, 1.82) is 0 Å². The number of carbonyl (C=O) groups excluding carboxylic acids is 1. The van der Waals surface area contributed by atoms with Crippen LogP contribution in [0.25, 0.3) is 0 Å². The summed E-state index contributed by atoms with van der Waals surface area (Å²) in [6.45, 7) is 6.25. The van der Waals surface area contributed by atoms with Crippen LogP contribution in [0.15, 0.2) is 28.8 Å². The number of amides is 1. The van der Waals surface area contributed by atoms with Crippen molar-refractivity contribution < 1.29 is 9.32 Å². The summed E-state index contributed by atoms with van der Waals surface area (Å²) in [6, 6.07) is 7.71. The zero-order valence-electron chi connectivity index (χ0n) is 12.9. The number of thioether (sulfide) groups is 1. The second-order valence-corrected chi connectivity index (χ2v) is 6.85. The third-order valence-corrected chi connectivity index (χ3v) is 4.90. The molecule has 1 aromatic carbocycles. The molecule has 1 aromatic heterocycles. The molecule has 118 valence electrons. The Kier molecular flexibility index (Phi) is 5.91. The van der Waals surface area contributed by atoms with Crippen LogP contribution in [-0.4, -0.2) is 16.8 Å². The third-order valence-electron chi connectivity index (χ3n) is 3.45. The molecule has 1 N–H and O–H groups in total. The molecule has 0 saturated carbocycles. The van der Waals surface area contributed by atoms with E-state index in [1.807, 2.05) is 38.1 Å². The van der Waals surface area contributed by atoms with E-state index in [0.717, 1.165) is 27.6 Å². The van der Waals surface area contributed by atoms with E-state index in [4.69, 9.17) is 16.1 Å². The molecule has 1 unspecified atom stereocenters. The smallest absolute Gasteiger partial charge is 0.230 e. The van der Waals surface area contributed by atoms with Gasteiger partial charge in [0.2, 0.25) is 5.91 Å². The van der Waals surface area contributed by atoms with Gasteiger partial charge in [-0.1, -0.05) is 28.9 Å². The van der Waals surface area contributed by atoms with Gasteiger partial charge in [-0.05, 0) is 38.5 Å². The molecule has 6 heteroatoms. The first-order valence-corrected chi connectivity index (χ1v) is 8.45. The average molecular weight is 339 g/mol. The molecule has 0 aliphatic heterocycles. The fourth-order valence-electron chi connectivity index (χ4n) is 2.02. The maximum absolute atomic E-state index is 11.9. The molecule has 0 radical (unpaired) electrons. The van der Waals surface area contributed by atoms with Crippen LogP contribution in [0.1, 0.15) is 34.8 Å². The minimum absolute atomic E-state index is 0.00538. The predicted molar refractivity (Wildman–Crippen MR) is 90.1 cm³/mol. The molecular weight excluding hydrogens is 320 g/mol. The van der Waals surface area contributed by atoms with E-state index in [1.54, 1.807) is 11.8 Å². The molecule has 2 rings (SSSR count). The second-order valence-electron chi connectivity index (χ2n) is 5.08. The van der Waals surface area contributed by atoms with Crippen molar-refractivity contribution in [3.8, 4) is 0 Å². The van der Waals surface area contributed by atoms with Crippen LogP contribution in [0.3, 0.4) is 0 Å². The van der Waals surface area contributed by atoms with Gasteiger partial charge in [0, 0.05) is 22.4 Å². The highest BCUT2D eigenvalue weighted by Crippen LogP contribution is 2.28. The lowest BCUT2D eigenvalue weighted by molar-refractivity contribution is -0.118. The molecule has 0 fully saturated rings. The number of carbonyl (C=O) groups is 1. The van der Waals surface area contributed by atoms with E-state index >= 15 is 0 Å². The van der Waals surface area contributed by atoms with Crippen LogP contribution in [0.4, 0.5) is 0 Å². The quantitative estimate of drug-likeness (QED) is 0.863. The first-order chi connectivity index (χ1) is 10.5. The van der Waals surface area contributed by atoms with Crippen molar-refractivity contribution in [2.75, 3.05) is 5.75 Å². The van der Waals surface area contributed by atoms with E-state index in [0.29, 0.717) is 12.3 Å². The number of halogens is 1. The third kappa shape index (κ3) is 4.52. The van der Waals surface area contributed by atoms with E-state index in [2.05, 4.69) is 17.4 Å². The number of benzene rings is 1. The standard InChI is InChI=1S/C16H19ClN2O2S/c1-10-15(11(2)21-19-10)8-18-16(20)9-22-12(3)13-4-6-14(17)7-5-13/h4-7,12H,8-9H2,1-3H3,(H,18,20). The summed E-state index contributed by atoms with van der Waals surface area (Å²) in [5, 5.41) is 7.73. The van der Waals surface area contributed by atoms with Crippen molar-refractivity contribution in [3.63, 3.8) is 0 Å². The largest absolute Gasteiger partial charge is 0.361 e. The Morgan fingerprint density at radius 2 is 2.05 bits per heavy atom. The number of nitrogens with zero attached hydrogens (tertiary/aromatic N) is 1. The molecule has 4 nitrogen and oxygen atoms in total. The fraction of sp³-hybridized carbons (Fsp3) is 0.375. The maximum atomic E-state index is 11.9. The fourth-order valence-corrected chi connectivity index (χ4v) is 3.00. The lowest BCUT2D eigenvalue weighted by Crippen LogP contribution is -2.25. The van der Waals surface area contributed by atoms with Crippen molar-refractivity contribution >= 4 is 29.3 Å². The van der Waals surface area contributed by atoms with E-state index in [-0.39, 0.29) is 11.2 Å². The van der Waals surface area contributed by atoms with Crippen LogP contribution in [0.5, 0.6) is 0 Å². The maximum Gasteiger partial charge on any atom is 0.230 e. The number of rotatable bonds is 6. The van der Waals surface area contributed by atoms with Crippen LogP contribution in [0.2, 0.25) is 5.02 Å². The van der Waals surface area contributed by atoms with Gasteiger partial charge >= 0.3 is 0 Å². The lowest BCUT2D eigenvalue weighted by Gasteiger charge is -2.12. The minimum atomic E-state index is 0.00538. The van der Waals surface area contributed by atoms with Crippen molar-refractivity contribution in [2.45, 2.75) is 32.6 Å². The summed E-state index contributed by atoms with van der Waals surface area (Å²) < 4.78 is 5.08. The summed E-state index contributed by atoms with van der Waals surface area (Å²) in [7, 11) is 0. The van der Waals surface area contributed by atoms with Gasteiger partial charge in [-0.3, -0.25) is 4.79 Å². The molecule has 22 heavy (non-hydrogen) atoms. The van der Waals surface area contributed by atoms with Crippen molar-refractivity contribution in [3.05, 3.63) is 51.9 Å². The molecule has 1 heterocycles. The zero-order valence-corrected chi connectivity index (χ0v) is 14.4. The Balaban J connectivity index is 1.79. The van der Waals surface area contributed by atoms with E-state index in [1.165, 1.54) is 0 Å². The number of aryl methyl sites for hydroxylation is 2. The molecular formula is C16H19ClN2O2S. The molecule has 2 aromatic rings. The molecule has 0 spiro atoms. The van der Waals surface area contributed by atoms with Crippen LogP contribution < -0.4 is 5.32 Å². The molecule has 0 aliphatic rings. The second kappa shape index (κ2) is 7.70. The zero-order chi connectivity index (χ0) is 16.1.